The molecule has 0 bridgehead atoms. The van der Waals surface area contributed by atoms with Crippen molar-refractivity contribution in [2.45, 2.75) is 61.0 Å². The molecule has 2 aliphatic heterocycles. The third kappa shape index (κ3) is 4.67. The van der Waals surface area contributed by atoms with Crippen molar-refractivity contribution in [2.24, 2.45) is 0 Å². The molecule has 4 rings (SSSR count). The SMILES string of the molecule is CCC1CS(=O)(=O)c2cc(O[C@@H]3O[C@H](C(=O)O)[C@@H](O)[C@H](O)[C@H]3O)ccc2C(c2ccccc2)N1. The number of aliphatic carboxylic acids is 1. The van der Waals surface area contributed by atoms with Crippen LogP contribution in [0.4, 0.5) is 0 Å². The molecule has 11 heteroatoms. The van der Waals surface area contributed by atoms with Gasteiger partial charge in [-0.2, -0.15) is 0 Å². The lowest BCUT2D eigenvalue weighted by Crippen LogP contribution is -2.61. The van der Waals surface area contributed by atoms with E-state index in [1.54, 1.807) is 6.07 Å². The van der Waals surface area contributed by atoms with Crippen molar-refractivity contribution in [3.05, 3.63) is 59.7 Å². The summed E-state index contributed by atoms with van der Waals surface area (Å²) in [4.78, 5) is 11.4. The van der Waals surface area contributed by atoms with Crippen LogP contribution in [0.2, 0.25) is 0 Å². The molecule has 2 heterocycles. The normalized spacial score (nSPS) is 32.9. The van der Waals surface area contributed by atoms with Gasteiger partial charge in [-0.1, -0.05) is 43.3 Å². The minimum absolute atomic E-state index is 0.000800. The molecule has 10 nitrogen and oxygen atoms in total. The van der Waals surface area contributed by atoms with Gasteiger partial charge < -0.3 is 35.2 Å². The van der Waals surface area contributed by atoms with Crippen LogP contribution in [-0.2, 0) is 19.4 Å². The lowest BCUT2D eigenvalue weighted by molar-refractivity contribution is -0.271. The average Bonchev–Trinajstić information content (AvgIpc) is 2.93. The third-order valence-corrected chi connectivity index (χ3v) is 8.01. The highest BCUT2D eigenvalue weighted by Gasteiger charge is 2.48. The highest BCUT2D eigenvalue weighted by atomic mass is 32.2. The van der Waals surface area contributed by atoms with E-state index in [2.05, 4.69) is 5.32 Å². The van der Waals surface area contributed by atoms with E-state index < -0.39 is 52.6 Å². The largest absolute Gasteiger partial charge is 0.479 e. The van der Waals surface area contributed by atoms with Crippen molar-refractivity contribution in [3.8, 4) is 5.75 Å². The standard InChI is InChI=1S/C23H27NO9S/c1-2-13-11-34(30,31)16-10-14(8-9-15(16)17(24-13)12-6-4-3-5-7-12)32-23-20(27)18(25)19(26)21(33-23)22(28)29/h3-10,13,17-21,23-27H,2,11H2,1H3,(H,28,29)/t13?,17?,18-,19-,20+,21-,23+/m0/s1. The van der Waals surface area contributed by atoms with E-state index in [1.165, 1.54) is 12.1 Å². The van der Waals surface area contributed by atoms with E-state index >= 15 is 0 Å². The zero-order valence-corrected chi connectivity index (χ0v) is 19.1. The topological polar surface area (TPSA) is 163 Å². The molecular weight excluding hydrogens is 466 g/mol. The Hall–Kier alpha value is -2.54. The predicted molar refractivity (Wildman–Crippen MR) is 119 cm³/mol. The van der Waals surface area contributed by atoms with Gasteiger partial charge >= 0.3 is 5.97 Å². The maximum atomic E-state index is 13.3. The Kier molecular flexibility index (Phi) is 6.94. The molecule has 0 saturated carbocycles. The van der Waals surface area contributed by atoms with Crippen molar-refractivity contribution in [3.63, 3.8) is 0 Å². The molecule has 0 amide bonds. The Labute approximate surface area is 196 Å². The summed E-state index contributed by atoms with van der Waals surface area (Å²) in [6, 6.07) is 13.1. The zero-order valence-electron chi connectivity index (χ0n) is 18.3. The van der Waals surface area contributed by atoms with Gasteiger partial charge in [-0.25, -0.2) is 13.2 Å². The third-order valence-electron chi connectivity index (χ3n) is 6.14. The van der Waals surface area contributed by atoms with E-state index in [0.717, 1.165) is 5.56 Å². The molecule has 2 aliphatic rings. The maximum Gasteiger partial charge on any atom is 0.335 e. The van der Waals surface area contributed by atoms with Gasteiger partial charge in [-0.15, -0.1) is 0 Å². The van der Waals surface area contributed by atoms with E-state index in [9.17, 15) is 33.6 Å². The minimum Gasteiger partial charge on any atom is -0.479 e. The molecule has 34 heavy (non-hydrogen) atoms. The first-order valence-electron chi connectivity index (χ1n) is 10.9. The number of hydrogen-bond donors (Lipinski definition) is 5. The molecule has 1 fully saturated rings. The van der Waals surface area contributed by atoms with E-state index in [-0.39, 0.29) is 22.4 Å². The van der Waals surface area contributed by atoms with Gasteiger partial charge in [0.15, 0.2) is 15.9 Å². The number of carbonyl (C=O) groups is 1. The first-order chi connectivity index (χ1) is 16.1. The number of rotatable bonds is 5. The van der Waals surface area contributed by atoms with Crippen molar-refractivity contribution >= 4 is 15.8 Å². The van der Waals surface area contributed by atoms with E-state index in [4.69, 9.17) is 9.47 Å². The second kappa shape index (κ2) is 9.61. The molecule has 1 saturated heterocycles. The summed E-state index contributed by atoms with van der Waals surface area (Å²) in [6.07, 6.45) is -8.32. The minimum atomic E-state index is -3.73. The van der Waals surface area contributed by atoms with Crippen LogP contribution in [0.25, 0.3) is 0 Å². The number of ether oxygens (including phenoxy) is 2. The van der Waals surface area contributed by atoms with Crippen molar-refractivity contribution in [1.29, 1.82) is 0 Å². The fraction of sp³-hybridized carbons (Fsp3) is 0.435. The summed E-state index contributed by atoms with van der Waals surface area (Å²) >= 11 is 0. The molecule has 2 aromatic rings. The number of aliphatic hydroxyl groups excluding tert-OH is 3. The van der Waals surface area contributed by atoms with Crippen LogP contribution in [0.1, 0.15) is 30.5 Å². The molecule has 5 N–H and O–H groups in total. The van der Waals surface area contributed by atoms with E-state index in [1.807, 2.05) is 37.3 Å². The van der Waals surface area contributed by atoms with Crippen LogP contribution in [-0.4, -0.2) is 77.3 Å². The predicted octanol–water partition coefficient (Wildman–Crippen LogP) is 0.202. The quantitative estimate of drug-likeness (QED) is 0.389. The molecule has 2 unspecified atom stereocenters. The molecule has 0 aliphatic carbocycles. The lowest BCUT2D eigenvalue weighted by Gasteiger charge is -2.38. The number of nitrogens with one attached hydrogen (secondary N) is 1. The van der Waals surface area contributed by atoms with Gasteiger partial charge in [-0.3, -0.25) is 0 Å². The number of carboxylic acid groups (broad SMARTS) is 1. The van der Waals surface area contributed by atoms with Gasteiger partial charge in [-0.05, 0) is 29.7 Å². The van der Waals surface area contributed by atoms with Gasteiger partial charge in [0.25, 0.3) is 0 Å². The Morgan fingerprint density at radius 2 is 1.79 bits per heavy atom. The maximum absolute atomic E-state index is 13.3. The van der Waals surface area contributed by atoms with Gasteiger partial charge in [0.05, 0.1) is 16.7 Å². The molecule has 7 atom stereocenters. The Bertz CT molecular complexity index is 1140. The Balaban J connectivity index is 1.71. The van der Waals surface area contributed by atoms with Crippen LogP contribution < -0.4 is 10.1 Å². The summed E-state index contributed by atoms with van der Waals surface area (Å²) < 4.78 is 37.2. The number of hydrogen-bond acceptors (Lipinski definition) is 9. The fourth-order valence-electron chi connectivity index (χ4n) is 4.26. The first kappa shape index (κ1) is 24.6. The van der Waals surface area contributed by atoms with Gasteiger partial charge in [0, 0.05) is 6.04 Å². The number of aliphatic hydroxyl groups is 3. The lowest BCUT2D eigenvalue weighted by atomic mass is 9.97. The average molecular weight is 494 g/mol. The summed E-state index contributed by atoms with van der Waals surface area (Å²) in [5.74, 6) is -1.67. The zero-order chi connectivity index (χ0) is 24.6. The summed E-state index contributed by atoms with van der Waals surface area (Å²) in [7, 11) is -3.73. The molecule has 0 spiro atoms. The highest BCUT2D eigenvalue weighted by molar-refractivity contribution is 7.91. The van der Waals surface area contributed by atoms with Crippen molar-refractivity contribution < 1.29 is 43.1 Å². The van der Waals surface area contributed by atoms with Crippen LogP contribution in [0, 0.1) is 0 Å². The smallest absolute Gasteiger partial charge is 0.335 e. The molecular formula is C23H27NO9S. The van der Waals surface area contributed by atoms with Gasteiger partial charge in [0.1, 0.15) is 24.1 Å². The summed E-state index contributed by atoms with van der Waals surface area (Å²) in [6.45, 7) is 1.90. The number of carboxylic acids is 1. The Morgan fingerprint density at radius 3 is 2.44 bits per heavy atom. The molecule has 184 valence electrons. The second-order valence-electron chi connectivity index (χ2n) is 8.45. The van der Waals surface area contributed by atoms with Crippen LogP contribution in [0.3, 0.4) is 0 Å². The summed E-state index contributed by atoms with van der Waals surface area (Å²) in [5.41, 5.74) is 1.42. The number of sulfone groups is 1. The number of fused-ring (bicyclic) bond motifs is 1. The van der Waals surface area contributed by atoms with Crippen LogP contribution in [0.15, 0.2) is 53.4 Å². The van der Waals surface area contributed by atoms with Crippen LogP contribution >= 0.6 is 0 Å². The highest BCUT2D eigenvalue weighted by Crippen LogP contribution is 2.36. The fourth-order valence-corrected chi connectivity index (χ4v) is 6.15. The monoisotopic (exact) mass is 493 g/mol. The molecule has 0 aromatic heterocycles. The van der Waals surface area contributed by atoms with Gasteiger partial charge in [0.2, 0.25) is 6.29 Å². The second-order valence-corrected chi connectivity index (χ2v) is 10.5. The Morgan fingerprint density at radius 1 is 1.09 bits per heavy atom. The van der Waals surface area contributed by atoms with E-state index in [0.29, 0.717) is 12.0 Å². The van der Waals surface area contributed by atoms with Crippen molar-refractivity contribution in [2.75, 3.05) is 5.75 Å². The first-order valence-corrected chi connectivity index (χ1v) is 12.5. The van der Waals surface area contributed by atoms with Crippen molar-refractivity contribution in [1.82, 2.24) is 5.32 Å². The number of benzene rings is 2. The molecule has 2 aromatic carbocycles. The van der Waals surface area contributed by atoms with Crippen LogP contribution in [0.5, 0.6) is 5.75 Å². The molecule has 0 radical (unpaired) electrons. The summed E-state index contributed by atoms with van der Waals surface area (Å²) in [5, 5.41) is 42.7.